The Morgan fingerprint density at radius 1 is 0.968 bits per heavy atom. The average Bonchev–Trinajstić information content (AvgIpc) is 2.74. The summed E-state index contributed by atoms with van der Waals surface area (Å²) < 4.78 is 38.0. The van der Waals surface area contributed by atoms with Gasteiger partial charge in [-0.2, -0.15) is 0 Å². The zero-order valence-electron chi connectivity index (χ0n) is 16.9. The molecular weight excluding hydrogens is 440 g/mol. The molecule has 0 radical (unpaired) electrons. The quantitative estimate of drug-likeness (QED) is 0.517. The van der Waals surface area contributed by atoms with Crippen LogP contribution in [-0.2, 0) is 14.8 Å². The topological polar surface area (TPSA) is 93.7 Å². The molecule has 9 heteroatoms. The molecule has 0 unspecified atom stereocenters. The maximum Gasteiger partial charge on any atom is 0.262 e. The van der Waals surface area contributed by atoms with Crippen LogP contribution in [0.15, 0.2) is 71.6 Å². The SMILES string of the molecule is COc1ccc(NC(=O)COc2ccc(S(=O)(=O)Nc3ccc(C)cc3)cc2)cc1Cl. The van der Waals surface area contributed by atoms with Crippen LogP contribution in [0.3, 0.4) is 0 Å². The molecule has 3 aromatic rings. The Morgan fingerprint density at radius 3 is 2.23 bits per heavy atom. The molecule has 0 atom stereocenters. The molecule has 162 valence electrons. The smallest absolute Gasteiger partial charge is 0.262 e. The highest BCUT2D eigenvalue weighted by Gasteiger charge is 2.14. The number of sulfonamides is 1. The lowest BCUT2D eigenvalue weighted by Crippen LogP contribution is -2.20. The minimum Gasteiger partial charge on any atom is -0.495 e. The van der Waals surface area contributed by atoms with Crippen LogP contribution in [0.1, 0.15) is 5.56 Å². The van der Waals surface area contributed by atoms with Gasteiger partial charge in [0.2, 0.25) is 0 Å². The second-order valence-electron chi connectivity index (χ2n) is 6.63. The number of amides is 1. The predicted octanol–water partition coefficient (Wildman–Crippen LogP) is 4.48. The number of halogens is 1. The zero-order valence-corrected chi connectivity index (χ0v) is 18.5. The van der Waals surface area contributed by atoms with Crippen LogP contribution in [0.2, 0.25) is 5.02 Å². The van der Waals surface area contributed by atoms with E-state index in [1.54, 1.807) is 30.3 Å². The van der Waals surface area contributed by atoms with Crippen molar-refractivity contribution < 1.29 is 22.7 Å². The van der Waals surface area contributed by atoms with E-state index in [9.17, 15) is 13.2 Å². The van der Waals surface area contributed by atoms with Crippen molar-refractivity contribution in [3.05, 3.63) is 77.3 Å². The first-order valence-electron chi connectivity index (χ1n) is 9.22. The summed E-state index contributed by atoms with van der Waals surface area (Å²) in [5.74, 6) is 0.471. The molecule has 0 aliphatic carbocycles. The largest absolute Gasteiger partial charge is 0.495 e. The van der Waals surface area contributed by atoms with Crippen molar-refractivity contribution in [2.24, 2.45) is 0 Å². The third kappa shape index (κ3) is 6.13. The van der Waals surface area contributed by atoms with Gasteiger partial charge in [-0.05, 0) is 61.5 Å². The summed E-state index contributed by atoms with van der Waals surface area (Å²) in [6, 6.07) is 17.7. The molecule has 0 aliphatic heterocycles. The second-order valence-corrected chi connectivity index (χ2v) is 8.72. The number of hydrogen-bond acceptors (Lipinski definition) is 5. The molecule has 2 N–H and O–H groups in total. The van der Waals surface area contributed by atoms with Gasteiger partial charge in [0.1, 0.15) is 11.5 Å². The van der Waals surface area contributed by atoms with Gasteiger partial charge in [0, 0.05) is 11.4 Å². The molecule has 0 spiro atoms. The van der Waals surface area contributed by atoms with E-state index in [0.29, 0.717) is 27.9 Å². The Labute approximate surface area is 186 Å². The number of hydrogen-bond donors (Lipinski definition) is 2. The number of aryl methyl sites for hydroxylation is 1. The van der Waals surface area contributed by atoms with Gasteiger partial charge in [-0.15, -0.1) is 0 Å². The van der Waals surface area contributed by atoms with Crippen molar-refractivity contribution in [1.29, 1.82) is 0 Å². The fourth-order valence-corrected chi connectivity index (χ4v) is 3.96. The third-order valence-electron chi connectivity index (χ3n) is 4.24. The van der Waals surface area contributed by atoms with Crippen LogP contribution < -0.4 is 19.5 Å². The van der Waals surface area contributed by atoms with E-state index in [2.05, 4.69) is 10.0 Å². The molecule has 0 bridgehead atoms. The van der Waals surface area contributed by atoms with Crippen molar-refractivity contribution in [1.82, 2.24) is 0 Å². The van der Waals surface area contributed by atoms with Crippen LogP contribution in [-0.4, -0.2) is 28.0 Å². The number of methoxy groups -OCH3 is 1. The maximum absolute atomic E-state index is 12.5. The highest BCUT2D eigenvalue weighted by atomic mass is 35.5. The predicted molar refractivity (Wildman–Crippen MR) is 121 cm³/mol. The lowest BCUT2D eigenvalue weighted by Gasteiger charge is -2.11. The Balaban J connectivity index is 1.56. The fraction of sp³-hybridized carbons (Fsp3) is 0.136. The molecule has 7 nitrogen and oxygen atoms in total. The van der Waals surface area contributed by atoms with E-state index < -0.39 is 10.0 Å². The summed E-state index contributed by atoms with van der Waals surface area (Å²) in [4.78, 5) is 12.2. The van der Waals surface area contributed by atoms with Crippen LogP contribution in [0.5, 0.6) is 11.5 Å². The normalized spacial score (nSPS) is 10.9. The third-order valence-corrected chi connectivity index (χ3v) is 5.94. The lowest BCUT2D eigenvalue weighted by molar-refractivity contribution is -0.118. The summed E-state index contributed by atoms with van der Waals surface area (Å²) in [6.45, 7) is 1.67. The fourth-order valence-electron chi connectivity index (χ4n) is 2.64. The molecule has 0 aliphatic rings. The summed E-state index contributed by atoms with van der Waals surface area (Å²) in [5.41, 5.74) is 2.01. The van der Waals surface area contributed by atoms with E-state index in [0.717, 1.165) is 5.56 Å². The summed E-state index contributed by atoms with van der Waals surface area (Å²) >= 11 is 6.03. The first-order valence-corrected chi connectivity index (χ1v) is 11.1. The Morgan fingerprint density at radius 2 is 1.61 bits per heavy atom. The molecule has 3 rings (SSSR count). The van der Waals surface area contributed by atoms with Crippen LogP contribution in [0, 0.1) is 6.92 Å². The van der Waals surface area contributed by atoms with Crippen molar-refractivity contribution in [3.63, 3.8) is 0 Å². The van der Waals surface area contributed by atoms with Gasteiger partial charge in [0.25, 0.3) is 15.9 Å². The summed E-state index contributed by atoms with van der Waals surface area (Å²) in [5, 5.41) is 3.03. The number of carbonyl (C=O) groups excluding carboxylic acids is 1. The first kappa shape index (κ1) is 22.5. The molecule has 1 amide bonds. The molecule has 31 heavy (non-hydrogen) atoms. The number of anilines is 2. The van der Waals surface area contributed by atoms with E-state index >= 15 is 0 Å². The second kappa shape index (κ2) is 9.72. The Hall–Kier alpha value is -3.23. The van der Waals surface area contributed by atoms with Gasteiger partial charge in [-0.25, -0.2) is 8.42 Å². The number of ether oxygens (including phenoxy) is 2. The van der Waals surface area contributed by atoms with Gasteiger partial charge in [-0.3, -0.25) is 9.52 Å². The van der Waals surface area contributed by atoms with Crippen molar-refractivity contribution >= 4 is 38.9 Å². The zero-order chi connectivity index (χ0) is 22.4. The van der Waals surface area contributed by atoms with Gasteiger partial charge in [-0.1, -0.05) is 29.3 Å². The van der Waals surface area contributed by atoms with Crippen LogP contribution >= 0.6 is 11.6 Å². The molecular formula is C22H21ClN2O5S. The minimum atomic E-state index is -3.73. The molecule has 0 saturated carbocycles. The lowest BCUT2D eigenvalue weighted by atomic mass is 10.2. The van der Waals surface area contributed by atoms with E-state index in [-0.39, 0.29) is 17.4 Å². The van der Waals surface area contributed by atoms with E-state index in [1.165, 1.54) is 31.4 Å². The van der Waals surface area contributed by atoms with Gasteiger partial charge in [0.05, 0.1) is 17.0 Å². The molecule has 0 aromatic heterocycles. The van der Waals surface area contributed by atoms with Crippen LogP contribution in [0.25, 0.3) is 0 Å². The van der Waals surface area contributed by atoms with Gasteiger partial charge < -0.3 is 14.8 Å². The summed E-state index contributed by atoms with van der Waals surface area (Å²) in [7, 11) is -2.23. The Bertz CT molecular complexity index is 1160. The van der Waals surface area contributed by atoms with Crippen molar-refractivity contribution in [3.8, 4) is 11.5 Å². The average molecular weight is 461 g/mol. The number of rotatable bonds is 8. The monoisotopic (exact) mass is 460 g/mol. The number of benzene rings is 3. The van der Waals surface area contributed by atoms with Crippen molar-refractivity contribution in [2.45, 2.75) is 11.8 Å². The van der Waals surface area contributed by atoms with Gasteiger partial charge >= 0.3 is 0 Å². The first-order chi connectivity index (χ1) is 14.8. The van der Waals surface area contributed by atoms with E-state index in [4.69, 9.17) is 21.1 Å². The molecule has 3 aromatic carbocycles. The van der Waals surface area contributed by atoms with Crippen LogP contribution in [0.4, 0.5) is 11.4 Å². The Kier molecular flexibility index (Phi) is 7.04. The molecule has 0 fully saturated rings. The molecule has 0 heterocycles. The number of nitrogens with one attached hydrogen (secondary N) is 2. The number of carbonyl (C=O) groups is 1. The van der Waals surface area contributed by atoms with Gasteiger partial charge in [0.15, 0.2) is 6.61 Å². The van der Waals surface area contributed by atoms with Crippen molar-refractivity contribution in [2.75, 3.05) is 23.8 Å². The standard InChI is InChI=1S/C22H21ClN2O5S/c1-15-3-5-16(6-4-15)25-31(27,28)19-10-8-18(9-11-19)30-14-22(26)24-17-7-12-21(29-2)20(23)13-17/h3-13,25H,14H2,1-2H3,(H,24,26). The minimum absolute atomic E-state index is 0.0813. The summed E-state index contributed by atoms with van der Waals surface area (Å²) in [6.07, 6.45) is 0. The molecule has 0 saturated heterocycles. The van der Waals surface area contributed by atoms with E-state index in [1.807, 2.05) is 19.1 Å². The highest BCUT2D eigenvalue weighted by Crippen LogP contribution is 2.27. The maximum atomic E-state index is 12.5. The highest BCUT2D eigenvalue weighted by molar-refractivity contribution is 7.92.